The molecule has 2 aromatic carbocycles. The van der Waals surface area contributed by atoms with Gasteiger partial charge >= 0.3 is 17.7 Å². The highest BCUT2D eigenvalue weighted by atomic mass is 32.2. The zero-order valence-electron chi connectivity index (χ0n) is 34.0. The second kappa shape index (κ2) is 19.9. The van der Waals surface area contributed by atoms with Crippen LogP contribution in [0.15, 0.2) is 82.5 Å². The summed E-state index contributed by atoms with van der Waals surface area (Å²) in [4.78, 5) is 98.3. The van der Waals surface area contributed by atoms with E-state index < -0.39 is 83.5 Å². The Hall–Kier alpha value is -6.58. The summed E-state index contributed by atoms with van der Waals surface area (Å²) in [6.07, 6.45) is 3.42. The zero-order chi connectivity index (χ0) is 44.7. The van der Waals surface area contributed by atoms with Crippen molar-refractivity contribution in [1.82, 2.24) is 46.0 Å². The number of nitrogens with one attached hydrogen (secondary N) is 7. The Balaban J connectivity index is 1.20. The van der Waals surface area contributed by atoms with Gasteiger partial charge in [0.25, 0.3) is 5.56 Å². The third-order valence-corrected chi connectivity index (χ3v) is 11.6. The lowest BCUT2D eigenvalue weighted by molar-refractivity contribution is -0.139. The third kappa shape index (κ3) is 10.5. The summed E-state index contributed by atoms with van der Waals surface area (Å²) in [5.41, 5.74) is 1.42. The molecule has 4 heterocycles. The van der Waals surface area contributed by atoms with Crippen molar-refractivity contribution < 1.29 is 44.0 Å². The number of urea groups is 1. The predicted molar refractivity (Wildman–Crippen MR) is 227 cm³/mol. The van der Waals surface area contributed by atoms with E-state index in [-0.39, 0.29) is 43.7 Å². The normalized spacial score (nSPS) is 19.6. The van der Waals surface area contributed by atoms with Crippen LogP contribution in [0.1, 0.15) is 42.7 Å². The van der Waals surface area contributed by atoms with E-state index in [0.29, 0.717) is 16.9 Å². The molecular formula is C41H49N9O11S. The van der Waals surface area contributed by atoms with Gasteiger partial charge in [-0.1, -0.05) is 30.3 Å². The highest BCUT2D eigenvalue weighted by Gasteiger charge is 2.38. The van der Waals surface area contributed by atoms with Crippen LogP contribution in [0.3, 0.4) is 0 Å². The molecule has 62 heavy (non-hydrogen) atoms. The highest BCUT2D eigenvalue weighted by Crippen LogP contribution is 2.30. The van der Waals surface area contributed by atoms with Crippen LogP contribution in [0.5, 0.6) is 5.75 Å². The summed E-state index contributed by atoms with van der Waals surface area (Å²) in [6.45, 7) is 1.76. The molecule has 4 aromatic rings. The van der Waals surface area contributed by atoms with Gasteiger partial charge < -0.3 is 56.5 Å². The predicted octanol–water partition coefficient (Wildman–Crippen LogP) is 0.124. The molecule has 0 saturated carbocycles. The molecule has 20 nitrogen and oxygen atoms in total. The Morgan fingerprint density at radius 1 is 1.02 bits per heavy atom. The maximum absolute atomic E-state index is 14.1. The topological polar surface area (TPSA) is 289 Å². The molecule has 0 spiro atoms. The van der Waals surface area contributed by atoms with Crippen LogP contribution in [0.2, 0.25) is 0 Å². The SMILES string of the molecule is CSCCC(NC(=O)NC(Cc1c[nH]c2ccccc12)C(=O)O)C(=O)NC(C(=O)NC=C1CC(O)C(n2ccc(=O)[nH]c2=O)O1)C(C)N(C)C(=O)C1Cc2cccc(O)c2CN1. The molecule has 1 fully saturated rings. The van der Waals surface area contributed by atoms with Crippen molar-refractivity contribution in [1.29, 1.82) is 0 Å². The first-order valence-corrected chi connectivity index (χ1v) is 21.1. The Morgan fingerprint density at radius 2 is 1.77 bits per heavy atom. The van der Waals surface area contributed by atoms with Crippen molar-refractivity contribution >= 4 is 52.4 Å². The number of amides is 5. The van der Waals surface area contributed by atoms with Gasteiger partial charge in [-0.25, -0.2) is 14.4 Å². The number of aromatic nitrogens is 3. The van der Waals surface area contributed by atoms with Crippen LogP contribution in [0, 0.1) is 0 Å². The minimum atomic E-state index is -1.47. The number of phenols is 1. The maximum Gasteiger partial charge on any atom is 0.331 e. The van der Waals surface area contributed by atoms with Crippen molar-refractivity contribution in [3.63, 3.8) is 0 Å². The van der Waals surface area contributed by atoms with E-state index in [0.717, 1.165) is 39.5 Å². The number of aliphatic carboxylic acids is 1. The van der Waals surface area contributed by atoms with Crippen molar-refractivity contribution in [2.24, 2.45) is 0 Å². The summed E-state index contributed by atoms with van der Waals surface area (Å²) >= 11 is 1.39. The molecule has 2 aromatic heterocycles. The Bertz CT molecular complexity index is 2470. The van der Waals surface area contributed by atoms with E-state index in [2.05, 4.69) is 36.6 Å². The number of carboxylic acids is 1. The molecule has 7 atom stereocenters. The van der Waals surface area contributed by atoms with Crippen LogP contribution in [-0.2, 0) is 43.3 Å². The molecule has 6 rings (SSSR count). The fourth-order valence-electron chi connectivity index (χ4n) is 7.41. The van der Waals surface area contributed by atoms with Gasteiger partial charge in [-0.15, -0.1) is 0 Å². The van der Waals surface area contributed by atoms with E-state index in [1.165, 1.54) is 23.7 Å². The number of thioether (sulfide) groups is 1. The molecule has 0 radical (unpaired) electrons. The number of nitrogens with zero attached hydrogens (tertiary/aromatic N) is 2. The number of ether oxygens (including phenoxy) is 1. The van der Waals surface area contributed by atoms with Gasteiger partial charge in [-0.2, -0.15) is 11.8 Å². The van der Waals surface area contributed by atoms with E-state index in [1.807, 2.05) is 30.3 Å². The number of carboxylic acid groups (broad SMARTS) is 1. The van der Waals surface area contributed by atoms with Crippen molar-refractivity contribution in [3.05, 3.63) is 110 Å². The van der Waals surface area contributed by atoms with Gasteiger partial charge in [0.2, 0.25) is 23.9 Å². The lowest BCUT2D eigenvalue weighted by Crippen LogP contribution is -2.62. The summed E-state index contributed by atoms with van der Waals surface area (Å²) in [7, 11) is 1.47. The number of aliphatic hydroxyl groups is 1. The number of carbonyl (C=O) groups is 5. The lowest BCUT2D eigenvalue weighted by Gasteiger charge is -2.36. The summed E-state index contributed by atoms with van der Waals surface area (Å²) in [5, 5.41) is 45.2. The van der Waals surface area contributed by atoms with E-state index in [4.69, 9.17) is 4.74 Å². The number of rotatable bonds is 16. The molecule has 2 aliphatic heterocycles. The number of aliphatic hydroxyl groups excluding tert-OH is 1. The number of hydrogen-bond acceptors (Lipinski definition) is 12. The molecule has 5 amide bonds. The highest BCUT2D eigenvalue weighted by molar-refractivity contribution is 7.98. The zero-order valence-corrected chi connectivity index (χ0v) is 34.9. The number of aromatic amines is 2. The Labute approximate surface area is 358 Å². The molecule has 10 N–H and O–H groups in total. The second-order valence-electron chi connectivity index (χ2n) is 15.1. The van der Waals surface area contributed by atoms with Crippen LogP contribution >= 0.6 is 11.8 Å². The number of H-pyrrole nitrogens is 2. The molecule has 21 heteroatoms. The number of para-hydroxylation sites is 1. The Kier molecular flexibility index (Phi) is 14.4. The van der Waals surface area contributed by atoms with Gasteiger partial charge in [-0.3, -0.25) is 28.7 Å². The van der Waals surface area contributed by atoms with E-state index >= 15 is 0 Å². The Morgan fingerprint density at radius 3 is 2.52 bits per heavy atom. The number of fused-ring (bicyclic) bond motifs is 2. The van der Waals surface area contributed by atoms with Crippen molar-refractivity contribution in [2.45, 2.75) is 81.7 Å². The summed E-state index contributed by atoms with van der Waals surface area (Å²) in [5.74, 6) is -2.80. The van der Waals surface area contributed by atoms with Gasteiger partial charge in [0, 0.05) is 67.6 Å². The number of hydrogen-bond donors (Lipinski definition) is 10. The first-order chi connectivity index (χ1) is 29.6. The molecule has 0 aliphatic carbocycles. The second-order valence-corrected chi connectivity index (χ2v) is 16.0. The van der Waals surface area contributed by atoms with Gasteiger partial charge in [-0.05, 0) is 55.0 Å². The standard InChI is InChI=1S/C41H49N9O11S/c1-21(49(2)37(56)29-15-22-7-6-10-31(51)26(22)20-43-29)34(36(55)44-19-24-17-32(52)38(61-24)50-13-11-33(53)47-41(50)60)48-35(54)28(12-14-62-3)45-40(59)46-30(39(57)58)16-23-18-42-27-9-5-4-8-25(23)27/h4-11,13,18-19,21,28-30,32,34,38,42-43,51-52H,12,14-17,20H2,1-3H3,(H,44,55)(H,48,54)(H,57,58)(H2,45,46,59)(H,47,53,60). The van der Waals surface area contributed by atoms with E-state index in [1.54, 1.807) is 31.5 Å². The minimum absolute atomic E-state index is 0.0567. The number of benzene rings is 2. The molecule has 0 bridgehead atoms. The average Bonchev–Trinajstić information content (AvgIpc) is 3.84. The van der Waals surface area contributed by atoms with Gasteiger partial charge in [0.15, 0.2) is 0 Å². The lowest BCUT2D eigenvalue weighted by atomic mass is 9.94. The fourth-order valence-corrected chi connectivity index (χ4v) is 7.89. The number of aromatic hydroxyl groups is 1. The number of carbonyl (C=O) groups excluding carboxylic acids is 4. The van der Waals surface area contributed by atoms with Crippen LogP contribution in [0.4, 0.5) is 4.79 Å². The van der Waals surface area contributed by atoms with Crippen LogP contribution in [0.25, 0.3) is 10.9 Å². The summed E-state index contributed by atoms with van der Waals surface area (Å²) < 4.78 is 6.73. The smallest absolute Gasteiger partial charge is 0.331 e. The fraction of sp³-hybridized carbons (Fsp3) is 0.390. The molecular weight excluding hydrogens is 827 g/mol. The third-order valence-electron chi connectivity index (χ3n) is 11.0. The van der Waals surface area contributed by atoms with Crippen LogP contribution in [-0.4, -0.2) is 120 Å². The van der Waals surface area contributed by atoms with Gasteiger partial charge in [0.05, 0.1) is 12.1 Å². The quantitative estimate of drug-likeness (QED) is 0.0717. The van der Waals surface area contributed by atoms with E-state index in [9.17, 15) is 48.9 Å². The average molecular weight is 876 g/mol. The van der Waals surface area contributed by atoms with Crippen LogP contribution < -0.4 is 37.8 Å². The monoisotopic (exact) mass is 875 g/mol. The largest absolute Gasteiger partial charge is 0.508 e. The molecule has 7 unspecified atom stereocenters. The maximum atomic E-state index is 14.1. The molecule has 330 valence electrons. The molecule has 2 aliphatic rings. The minimum Gasteiger partial charge on any atom is -0.508 e. The summed E-state index contributed by atoms with van der Waals surface area (Å²) in [6, 6.07) is 6.63. The van der Waals surface area contributed by atoms with Gasteiger partial charge in [0.1, 0.15) is 35.7 Å². The van der Waals surface area contributed by atoms with Crippen molar-refractivity contribution in [2.75, 3.05) is 19.1 Å². The number of likely N-dealkylation sites (N-methyl/N-ethyl adjacent to an activating group) is 1. The number of phenolic OH excluding ortho intramolecular Hbond substituents is 1. The molecule has 1 saturated heterocycles. The first-order valence-electron chi connectivity index (χ1n) is 19.7. The van der Waals surface area contributed by atoms with Crippen molar-refractivity contribution in [3.8, 4) is 5.75 Å². The first kappa shape index (κ1) is 45.0.